The lowest BCUT2D eigenvalue weighted by molar-refractivity contribution is -0.138. The average Bonchev–Trinajstić information content (AvgIpc) is 3.20. The number of nitriles is 1. The minimum absolute atomic E-state index is 0.0198. The van der Waals surface area contributed by atoms with Gasteiger partial charge >= 0.3 is 6.18 Å². The molecule has 0 fully saturated rings. The van der Waals surface area contributed by atoms with Crippen molar-refractivity contribution in [2.45, 2.75) is 19.6 Å². The molecule has 7 nitrogen and oxygen atoms in total. The Morgan fingerprint density at radius 1 is 1.12 bits per heavy atom. The predicted molar refractivity (Wildman–Crippen MR) is 112 cm³/mol. The topological polar surface area (TPSA) is 99.5 Å². The van der Waals surface area contributed by atoms with E-state index < -0.39 is 11.7 Å². The van der Waals surface area contributed by atoms with Crippen molar-refractivity contribution in [3.63, 3.8) is 0 Å². The van der Waals surface area contributed by atoms with Gasteiger partial charge in [0.2, 0.25) is 0 Å². The van der Waals surface area contributed by atoms with Crippen molar-refractivity contribution in [1.29, 1.82) is 5.26 Å². The largest absolute Gasteiger partial charge is 0.493 e. The minimum Gasteiger partial charge on any atom is -0.493 e. The molecule has 0 aliphatic rings. The highest BCUT2D eigenvalue weighted by molar-refractivity contribution is 5.84. The quantitative estimate of drug-likeness (QED) is 0.443. The number of rotatable bonds is 6. The van der Waals surface area contributed by atoms with Crippen LogP contribution in [-0.2, 0) is 12.7 Å². The van der Waals surface area contributed by atoms with E-state index in [4.69, 9.17) is 4.74 Å². The van der Waals surface area contributed by atoms with Crippen LogP contribution in [0.25, 0.3) is 22.3 Å². The van der Waals surface area contributed by atoms with Crippen LogP contribution in [-0.4, -0.2) is 26.5 Å². The van der Waals surface area contributed by atoms with Crippen molar-refractivity contribution in [3.8, 4) is 23.1 Å². The predicted octanol–water partition coefficient (Wildman–Crippen LogP) is 4.92. The van der Waals surface area contributed by atoms with Crippen LogP contribution in [0.1, 0.15) is 24.0 Å². The number of pyridine rings is 2. The van der Waals surface area contributed by atoms with Gasteiger partial charge in [-0.15, -0.1) is 0 Å². The molecule has 1 aromatic carbocycles. The summed E-state index contributed by atoms with van der Waals surface area (Å²) in [6.45, 7) is 2.07. The number of benzene rings is 1. The summed E-state index contributed by atoms with van der Waals surface area (Å²) in [6, 6.07) is 10.9. The Hall–Kier alpha value is -4.13. The molecule has 162 valence electrons. The molecule has 3 heterocycles. The van der Waals surface area contributed by atoms with Crippen LogP contribution in [0, 0.1) is 11.3 Å². The maximum absolute atomic E-state index is 13.5. The summed E-state index contributed by atoms with van der Waals surface area (Å²) >= 11 is 0. The second kappa shape index (κ2) is 8.55. The number of nitrogens with one attached hydrogen (secondary N) is 2. The second-order valence-electron chi connectivity index (χ2n) is 6.78. The summed E-state index contributed by atoms with van der Waals surface area (Å²) in [6.07, 6.45) is -1.30. The third-order valence-electron chi connectivity index (χ3n) is 4.65. The first-order chi connectivity index (χ1) is 15.4. The molecule has 0 aliphatic heterocycles. The molecule has 4 rings (SSSR count). The number of alkyl halides is 3. The number of imidazole rings is 1. The lowest BCUT2D eigenvalue weighted by Crippen LogP contribution is -2.09. The smallest absolute Gasteiger partial charge is 0.419 e. The second-order valence-corrected chi connectivity index (χ2v) is 6.78. The first-order valence-electron chi connectivity index (χ1n) is 9.67. The number of ether oxygens (including phenoxy) is 1. The number of anilines is 1. The van der Waals surface area contributed by atoms with E-state index >= 15 is 0 Å². The van der Waals surface area contributed by atoms with Crippen LogP contribution in [0.5, 0.6) is 5.75 Å². The maximum Gasteiger partial charge on any atom is 0.419 e. The maximum atomic E-state index is 13.5. The molecular weight excluding hydrogens is 421 g/mol. The van der Waals surface area contributed by atoms with Gasteiger partial charge in [-0.3, -0.25) is 4.98 Å². The molecule has 0 unspecified atom stereocenters. The molecule has 0 radical (unpaired) electrons. The summed E-state index contributed by atoms with van der Waals surface area (Å²) < 4.78 is 45.7. The number of hydrogen-bond donors (Lipinski definition) is 2. The average molecular weight is 438 g/mol. The summed E-state index contributed by atoms with van der Waals surface area (Å²) in [5.74, 6) is 0.297. The minimum atomic E-state index is -4.59. The van der Waals surface area contributed by atoms with Crippen LogP contribution < -0.4 is 10.1 Å². The molecule has 0 aliphatic carbocycles. The molecule has 2 N–H and O–H groups in total. The fraction of sp³-hybridized carbons (Fsp3) is 0.182. The first-order valence-corrected chi connectivity index (χ1v) is 9.67. The Bertz CT molecular complexity index is 1300. The Morgan fingerprint density at radius 2 is 1.91 bits per heavy atom. The Balaban J connectivity index is 1.71. The van der Waals surface area contributed by atoms with Crippen molar-refractivity contribution in [1.82, 2.24) is 19.9 Å². The highest BCUT2D eigenvalue weighted by atomic mass is 19.4. The van der Waals surface area contributed by atoms with E-state index in [0.717, 1.165) is 11.8 Å². The number of aromatic nitrogens is 4. The number of nitrogens with zero attached hydrogens (tertiary/aromatic N) is 4. The molecule has 0 saturated heterocycles. The van der Waals surface area contributed by atoms with Gasteiger partial charge in [-0.05, 0) is 43.3 Å². The molecular formula is C22H17F3N6O. The summed E-state index contributed by atoms with van der Waals surface area (Å²) in [5, 5.41) is 12.7. The molecule has 0 bridgehead atoms. The van der Waals surface area contributed by atoms with Gasteiger partial charge in [0.1, 0.15) is 23.2 Å². The van der Waals surface area contributed by atoms with Crippen molar-refractivity contribution in [3.05, 3.63) is 65.9 Å². The number of fused-ring (bicyclic) bond motifs is 1. The van der Waals surface area contributed by atoms with E-state index in [2.05, 4.69) is 25.3 Å². The molecule has 0 saturated carbocycles. The van der Waals surface area contributed by atoms with Gasteiger partial charge < -0.3 is 15.0 Å². The van der Waals surface area contributed by atoms with E-state index in [0.29, 0.717) is 23.4 Å². The number of H-pyrrole nitrogens is 1. The number of aromatic amines is 1. The number of halogens is 3. The van der Waals surface area contributed by atoms with Gasteiger partial charge in [-0.25, -0.2) is 9.97 Å². The van der Waals surface area contributed by atoms with E-state index in [1.165, 1.54) is 12.1 Å². The normalized spacial score (nSPS) is 11.3. The number of hydrogen-bond acceptors (Lipinski definition) is 6. The lowest BCUT2D eigenvalue weighted by atomic mass is 10.1. The van der Waals surface area contributed by atoms with Crippen LogP contribution in [0.2, 0.25) is 0 Å². The Kier molecular flexibility index (Phi) is 5.64. The SMILES string of the molecule is CCOc1ccc(-c2cc3[nH]c(CNc4ccncc4)nc3c(C#N)n2)cc1C(F)(F)F. The van der Waals surface area contributed by atoms with E-state index in [1.807, 2.05) is 6.07 Å². The van der Waals surface area contributed by atoms with Crippen molar-refractivity contribution in [2.24, 2.45) is 0 Å². The van der Waals surface area contributed by atoms with Gasteiger partial charge in [0.05, 0.1) is 29.9 Å². The van der Waals surface area contributed by atoms with E-state index in [9.17, 15) is 18.4 Å². The first kappa shape index (κ1) is 21.1. The van der Waals surface area contributed by atoms with E-state index in [1.54, 1.807) is 37.5 Å². The molecule has 0 atom stereocenters. The Labute approximate surface area is 180 Å². The zero-order chi connectivity index (χ0) is 22.7. The molecule has 3 aromatic heterocycles. The monoisotopic (exact) mass is 438 g/mol. The molecule has 0 amide bonds. The molecule has 10 heteroatoms. The van der Waals surface area contributed by atoms with Crippen molar-refractivity contribution < 1.29 is 17.9 Å². The lowest BCUT2D eigenvalue weighted by Gasteiger charge is -2.14. The standard InChI is InChI=1S/C22H17F3N6O/c1-2-32-19-4-3-13(9-15(19)22(23,24)25)16-10-17-21(18(11-26)29-16)31-20(30-17)12-28-14-5-7-27-8-6-14/h3-10H,2,12H2,1H3,(H,27,28)(H,30,31). The van der Waals surface area contributed by atoms with Crippen LogP contribution in [0.4, 0.5) is 18.9 Å². The molecule has 0 spiro atoms. The van der Waals surface area contributed by atoms with E-state index in [-0.39, 0.29) is 29.3 Å². The Morgan fingerprint density at radius 3 is 2.59 bits per heavy atom. The molecule has 4 aromatic rings. The summed E-state index contributed by atoms with van der Waals surface area (Å²) in [7, 11) is 0. The van der Waals surface area contributed by atoms with Crippen LogP contribution in [0.3, 0.4) is 0 Å². The summed E-state index contributed by atoms with van der Waals surface area (Å²) in [4.78, 5) is 15.7. The van der Waals surface area contributed by atoms with Gasteiger partial charge in [-0.1, -0.05) is 0 Å². The van der Waals surface area contributed by atoms with Gasteiger partial charge in [0.15, 0.2) is 5.69 Å². The van der Waals surface area contributed by atoms with Gasteiger partial charge in [0, 0.05) is 23.6 Å². The van der Waals surface area contributed by atoms with Crippen molar-refractivity contribution >= 4 is 16.7 Å². The van der Waals surface area contributed by atoms with Gasteiger partial charge in [-0.2, -0.15) is 18.4 Å². The zero-order valence-electron chi connectivity index (χ0n) is 16.9. The van der Waals surface area contributed by atoms with Crippen LogP contribution in [0.15, 0.2) is 48.8 Å². The fourth-order valence-electron chi connectivity index (χ4n) is 3.22. The fourth-order valence-corrected chi connectivity index (χ4v) is 3.22. The van der Waals surface area contributed by atoms with Crippen molar-refractivity contribution in [2.75, 3.05) is 11.9 Å². The zero-order valence-corrected chi connectivity index (χ0v) is 16.9. The summed E-state index contributed by atoms with van der Waals surface area (Å²) in [5.41, 5.74) is 1.25. The molecule has 32 heavy (non-hydrogen) atoms. The highest BCUT2D eigenvalue weighted by Crippen LogP contribution is 2.39. The van der Waals surface area contributed by atoms with Crippen LogP contribution >= 0.6 is 0 Å². The third-order valence-corrected chi connectivity index (χ3v) is 4.65. The third kappa shape index (κ3) is 4.32. The van der Waals surface area contributed by atoms with Gasteiger partial charge in [0.25, 0.3) is 0 Å². The highest BCUT2D eigenvalue weighted by Gasteiger charge is 2.35.